The Kier molecular flexibility index (Phi) is 5.13. The minimum atomic E-state index is 0.230. The Balaban J connectivity index is 2.06. The summed E-state index contributed by atoms with van der Waals surface area (Å²) in [5, 5.41) is 9.24. The quantitative estimate of drug-likeness (QED) is 0.806. The van der Waals surface area contributed by atoms with Gasteiger partial charge in [0.15, 0.2) is 0 Å². The first-order chi connectivity index (χ1) is 9.29. The highest BCUT2D eigenvalue weighted by atomic mass is 16.3. The van der Waals surface area contributed by atoms with E-state index in [0.717, 1.165) is 19.6 Å². The van der Waals surface area contributed by atoms with E-state index < -0.39 is 0 Å². The summed E-state index contributed by atoms with van der Waals surface area (Å²) in [5.41, 5.74) is 4.01. The Morgan fingerprint density at radius 3 is 2.26 bits per heavy atom. The standard InChI is InChI=1S/C17H21NO/c1-15-7-5-6-10-17(15)14-18(11-12-19)13-16-8-3-2-4-9-16/h2-10,19H,11-14H2,1H3/p+1. The Morgan fingerprint density at radius 1 is 0.895 bits per heavy atom. The number of aliphatic hydroxyl groups is 1. The van der Waals surface area contributed by atoms with Crippen LogP contribution >= 0.6 is 0 Å². The first kappa shape index (κ1) is 13.8. The number of hydrogen-bond donors (Lipinski definition) is 2. The molecule has 1 atom stereocenters. The van der Waals surface area contributed by atoms with Gasteiger partial charge in [-0.25, -0.2) is 0 Å². The maximum Gasteiger partial charge on any atom is 0.103 e. The second-order valence-corrected chi connectivity index (χ2v) is 4.99. The molecule has 0 heterocycles. The third-order valence-electron chi connectivity index (χ3n) is 3.46. The van der Waals surface area contributed by atoms with Crippen LogP contribution in [0.15, 0.2) is 54.6 Å². The average Bonchev–Trinajstić information content (AvgIpc) is 2.43. The van der Waals surface area contributed by atoms with E-state index in [9.17, 15) is 5.11 Å². The summed E-state index contributed by atoms with van der Waals surface area (Å²) in [6, 6.07) is 19.0. The van der Waals surface area contributed by atoms with Gasteiger partial charge in [0.25, 0.3) is 0 Å². The predicted molar refractivity (Wildman–Crippen MR) is 77.9 cm³/mol. The molecule has 0 aliphatic carbocycles. The molecule has 2 nitrogen and oxygen atoms in total. The minimum Gasteiger partial charge on any atom is -0.391 e. The third kappa shape index (κ3) is 4.19. The predicted octanol–water partition coefficient (Wildman–Crippen LogP) is 1.57. The number of hydrogen-bond acceptors (Lipinski definition) is 1. The van der Waals surface area contributed by atoms with E-state index >= 15 is 0 Å². The van der Waals surface area contributed by atoms with E-state index in [0.29, 0.717) is 0 Å². The molecule has 0 aliphatic rings. The Morgan fingerprint density at radius 2 is 1.58 bits per heavy atom. The molecule has 0 bridgehead atoms. The number of benzene rings is 2. The molecular weight excluding hydrogens is 234 g/mol. The number of aryl methyl sites for hydroxylation is 1. The van der Waals surface area contributed by atoms with E-state index in [-0.39, 0.29) is 6.61 Å². The van der Waals surface area contributed by atoms with Crippen molar-refractivity contribution in [1.82, 2.24) is 0 Å². The van der Waals surface area contributed by atoms with Gasteiger partial charge in [-0.1, -0.05) is 54.6 Å². The molecule has 0 fully saturated rings. The smallest absolute Gasteiger partial charge is 0.103 e. The number of nitrogens with one attached hydrogen (secondary N) is 1. The van der Waals surface area contributed by atoms with Crippen LogP contribution in [0.4, 0.5) is 0 Å². The van der Waals surface area contributed by atoms with Crippen LogP contribution in [-0.4, -0.2) is 18.3 Å². The summed E-state index contributed by atoms with van der Waals surface area (Å²) >= 11 is 0. The van der Waals surface area contributed by atoms with Crippen molar-refractivity contribution < 1.29 is 10.0 Å². The zero-order chi connectivity index (χ0) is 13.5. The number of aliphatic hydroxyl groups excluding tert-OH is 1. The van der Waals surface area contributed by atoms with Gasteiger partial charge in [-0.3, -0.25) is 0 Å². The molecule has 2 aromatic rings. The first-order valence-corrected chi connectivity index (χ1v) is 6.82. The third-order valence-corrected chi connectivity index (χ3v) is 3.46. The Labute approximate surface area is 115 Å². The molecule has 0 radical (unpaired) electrons. The Hall–Kier alpha value is -1.64. The topological polar surface area (TPSA) is 24.7 Å². The summed E-state index contributed by atoms with van der Waals surface area (Å²) in [6.45, 7) is 5.07. The van der Waals surface area contributed by atoms with E-state index in [1.165, 1.54) is 21.6 Å². The molecule has 0 saturated heterocycles. The molecule has 0 amide bonds. The van der Waals surface area contributed by atoms with Crippen molar-refractivity contribution in [2.24, 2.45) is 0 Å². The lowest BCUT2D eigenvalue weighted by Gasteiger charge is -2.19. The molecule has 2 rings (SSSR count). The second kappa shape index (κ2) is 7.07. The van der Waals surface area contributed by atoms with Crippen molar-refractivity contribution in [1.29, 1.82) is 0 Å². The van der Waals surface area contributed by atoms with Crippen molar-refractivity contribution in [3.8, 4) is 0 Å². The molecule has 100 valence electrons. The zero-order valence-corrected chi connectivity index (χ0v) is 11.5. The van der Waals surface area contributed by atoms with Crippen LogP contribution < -0.4 is 4.90 Å². The summed E-state index contributed by atoms with van der Waals surface area (Å²) < 4.78 is 0. The molecule has 0 aromatic heterocycles. The van der Waals surface area contributed by atoms with Crippen LogP contribution in [0, 0.1) is 6.92 Å². The maximum atomic E-state index is 9.24. The van der Waals surface area contributed by atoms with E-state index in [4.69, 9.17) is 0 Å². The van der Waals surface area contributed by atoms with Crippen LogP contribution in [0.2, 0.25) is 0 Å². The van der Waals surface area contributed by atoms with Gasteiger partial charge in [-0.05, 0) is 12.5 Å². The molecular formula is C17H22NO+. The Bertz CT molecular complexity index is 496. The van der Waals surface area contributed by atoms with Crippen molar-refractivity contribution >= 4 is 0 Å². The van der Waals surface area contributed by atoms with Gasteiger partial charge >= 0.3 is 0 Å². The maximum absolute atomic E-state index is 9.24. The highest BCUT2D eigenvalue weighted by Crippen LogP contribution is 2.05. The molecule has 2 heteroatoms. The lowest BCUT2D eigenvalue weighted by atomic mass is 10.1. The number of quaternary nitrogens is 1. The summed E-state index contributed by atoms with van der Waals surface area (Å²) in [4.78, 5) is 1.39. The molecule has 0 saturated carbocycles. The molecule has 2 N–H and O–H groups in total. The first-order valence-electron chi connectivity index (χ1n) is 6.82. The molecule has 0 spiro atoms. The highest BCUT2D eigenvalue weighted by Gasteiger charge is 2.11. The van der Waals surface area contributed by atoms with Gasteiger partial charge in [-0.15, -0.1) is 0 Å². The fourth-order valence-electron chi connectivity index (χ4n) is 2.36. The highest BCUT2D eigenvalue weighted by molar-refractivity contribution is 5.24. The van der Waals surface area contributed by atoms with Crippen molar-refractivity contribution in [2.45, 2.75) is 20.0 Å². The van der Waals surface area contributed by atoms with Crippen LogP contribution in [0.1, 0.15) is 16.7 Å². The normalized spacial score (nSPS) is 12.3. The van der Waals surface area contributed by atoms with Gasteiger partial charge in [0.05, 0.1) is 6.61 Å². The average molecular weight is 256 g/mol. The number of rotatable bonds is 6. The molecule has 0 aliphatic heterocycles. The van der Waals surface area contributed by atoms with Crippen LogP contribution in [-0.2, 0) is 13.1 Å². The van der Waals surface area contributed by atoms with Crippen LogP contribution in [0.3, 0.4) is 0 Å². The molecule has 1 unspecified atom stereocenters. The lowest BCUT2D eigenvalue weighted by molar-refractivity contribution is -0.927. The van der Waals surface area contributed by atoms with E-state index in [1.807, 2.05) is 6.07 Å². The van der Waals surface area contributed by atoms with Gasteiger partial charge < -0.3 is 10.0 Å². The molecule has 2 aromatic carbocycles. The largest absolute Gasteiger partial charge is 0.391 e. The minimum absolute atomic E-state index is 0.230. The van der Waals surface area contributed by atoms with E-state index in [1.54, 1.807) is 0 Å². The summed E-state index contributed by atoms with van der Waals surface area (Å²) in [6.07, 6.45) is 0. The fourth-order valence-corrected chi connectivity index (χ4v) is 2.36. The second-order valence-electron chi connectivity index (χ2n) is 4.99. The van der Waals surface area contributed by atoms with Gasteiger partial charge in [0.2, 0.25) is 0 Å². The van der Waals surface area contributed by atoms with Gasteiger partial charge in [-0.2, -0.15) is 0 Å². The van der Waals surface area contributed by atoms with Crippen molar-refractivity contribution in [3.63, 3.8) is 0 Å². The van der Waals surface area contributed by atoms with Crippen molar-refractivity contribution in [2.75, 3.05) is 13.2 Å². The lowest BCUT2D eigenvalue weighted by Crippen LogP contribution is -3.09. The van der Waals surface area contributed by atoms with E-state index in [2.05, 4.69) is 55.5 Å². The van der Waals surface area contributed by atoms with Gasteiger partial charge in [0.1, 0.15) is 19.6 Å². The zero-order valence-electron chi connectivity index (χ0n) is 11.5. The fraction of sp³-hybridized carbons (Fsp3) is 0.294. The summed E-state index contributed by atoms with van der Waals surface area (Å²) in [5.74, 6) is 0. The SMILES string of the molecule is Cc1ccccc1C[NH+](CCO)Cc1ccccc1. The van der Waals surface area contributed by atoms with Crippen molar-refractivity contribution in [3.05, 3.63) is 71.3 Å². The summed E-state index contributed by atoms with van der Waals surface area (Å²) in [7, 11) is 0. The van der Waals surface area contributed by atoms with Crippen LogP contribution in [0.5, 0.6) is 0 Å². The molecule has 19 heavy (non-hydrogen) atoms. The van der Waals surface area contributed by atoms with Crippen LogP contribution in [0.25, 0.3) is 0 Å². The monoisotopic (exact) mass is 256 g/mol. The van der Waals surface area contributed by atoms with Gasteiger partial charge in [0, 0.05) is 11.1 Å².